The smallest absolute Gasteiger partial charge is 0.131 e. The Hall–Kier alpha value is -0.800. The molecule has 0 saturated carbocycles. The number of anilines is 1. The van der Waals surface area contributed by atoms with Gasteiger partial charge in [0.1, 0.15) is 5.82 Å². The summed E-state index contributed by atoms with van der Waals surface area (Å²) in [6.07, 6.45) is 1.69. The second-order valence-corrected chi connectivity index (χ2v) is 3.97. The summed E-state index contributed by atoms with van der Waals surface area (Å²) in [7, 11) is 0. The number of benzene rings is 1. The molecule has 0 fully saturated rings. The third-order valence-corrected chi connectivity index (χ3v) is 2.70. The van der Waals surface area contributed by atoms with Crippen LogP contribution in [0.3, 0.4) is 0 Å². The van der Waals surface area contributed by atoms with Crippen LogP contribution in [0.25, 0.3) is 10.8 Å². The van der Waals surface area contributed by atoms with Crippen molar-refractivity contribution in [3.8, 4) is 0 Å². The minimum atomic E-state index is 0.501. The normalized spacial score (nSPS) is 10.6. The molecule has 1 aromatic carbocycles. The highest BCUT2D eigenvalue weighted by molar-refractivity contribution is 9.10. The van der Waals surface area contributed by atoms with Gasteiger partial charge >= 0.3 is 0 Å². The summed E-state index contributed by atoms with van der Waals surface area (Å²) in [6, 6.07) is 5.55. The second-order valence-electron chi connectivity index (χ2n) is 2.68. The molecular formula is C9H6BrClN2. The molecule has 0 saturated heterocycles. The first-order valence-corrected chi connectivity index (χ1v) is 4.85. The fourth-order valence-corrected chi connectivity index (χ4v) is 1.82. The minimum Gasteiger partial charge on any atom is -0.383 e. The molecule has 1 aromatic heterocycles. The van der Waals surface area contributed by atoms with Gasteiger partial charge in [0.2, 0.25) is 0 Å². The number of halogens is 2. The third kappa shape index (κ3) is 1.49. The maximum atomic E-state index is 5.84. The molecule has 66 valence electrons. The Morgan fingerprint density at radius 1 is 1.31 bits per heavy atom. The number of hydrogen-bond acceptors (Lipinski definition) is 2. The molecule has 1 heterocycles. The molecule has 0 aliphatic rings. The van der Waals surface area contributed by atoms with Gasteiger partial charge in [0.05, 0.1) is 0 Å². The molecule has 0 radical (unpaired) electrons. The van der Waals surface area contributed by atoms with Gasteiger partial charge in [0.25, 0.3) is 0 Å². The van der Waals surface area contributed by atoms with E-state index in [2.05, 4.69) is 20.9 Å². The van der Waals surface area contributed by atoms with Crippen molar-refractivity contribution in [3.05, 3.63) is 33.9 Å². The first-order valence-electron chi connectivity index (χ1n) is 3.68. The van der Waals surface area contributed by atoms with Crippen LogP contribution in [-0.2, 0) is 0 Å². The lowest BCUT2D eigenvalue weighted by Crippen LogP contribution is -1.91. The number of aromatic nitrogens is 1. The zero-order valence-electron chi connectivity index (χ0n) is 6.59. The lowest BCUT2D eigenvalue weighted by atomic mass is 10.2. The van der Waals surface area contributed by atoms with E-state index in [-0.39, 0.29) is 0 Å². The highest BCUT2D eigenvalue weighted by atomic mass is 79.9. The molecule has 2 rings (SSSR count). The van der Waals surface area contributed by atoms with Crippen LogP contribution in [0.15, 0.2) is 28.9 Å². The first kappa shape index (κ1) is 8.78. The highest BCUT2D eigenvalue weighted by Crippen LogP contribution is 2.28. The molecule has 0 aliphatic heterocycles. The van der Waals surface area contributed by atoms with Crippen LogP contribution in [0.5, 0.6) is 0 Å². The Morgan fingerprint density at radius 2 is 2.08 bits per heavy atom. The van der Waals surface area contributed by atoms with Crippen molar-refractivity contribution < 1.29 is 0 Å². The Labute approximate surface area is 88.8 Å². The average Bonchev–Trinajstić information content (AvgIpc) is 2.12. The minimum absolute atomic E-state index is 0.501. The molecule has 0 bridgehead atoms. The van der Waals surface area contributed by atoms with Crippen LogP contribution >= 0.6 is 27.5 Å². The monoisotopic (exact) mass is 256 g/mol. The zero-order valence-corrected chi connectivity index (χ0v) is 8.93. The molecule has 2 aromatic rings. The van der Waals surface area contributed by atoms with E-state index in [0.29, 0.717) is 10.8 Å². The van der Waals surface area contributed by atoms with E-state index in [4.69, 9.17) is 17.3 Å². The fraction of sp³-hybridized carbons (Fsp3) is 0. The lowest BCUT2D eigenvalue weighted by Gasteiger charge is -2.03. The van der Waals surface area contributed by atoms with Crippen molar-refractivity contribution in [1.82, 2.24) is 4.98 Å². The van der Waals surface area contributed by atoms with Gasteiger partial charge in [-0.05, 0) is 28.1 Å². The molecule has 2 N–H and O–H groups in total. The third-order valence-electron chi connectivity index (χ3n) is 1.83. The van der Waals surface area contributed by atoms with E-state index in [1.54, 1.807) is 6.20 Å². The van der Waals surface area contributed by atoms with E-state index in [1.807, 2.05) is 18.2 Å². The summed E-state index contributed by atoms with van der Waals surface area (Å²) in [5, 5.41) is 2.57. The van der Waals surface area contributed by atoms with E-state index < -0.39 is 0 Å². The van der Waals surface area contributed by atoms with Crippen molar-refractivity contribution in [2.45, 2.75) is 0 Å². The predicted octanol–water partition coefficient (Wildman–Crippen LogP) is 3.23. The van der Waals surface area contributed by atoms with Crippen molar-refractivity contribution >= 4 is 44.1 Å². The average molecular weight is 258 g/mol. The van der Waals surface area contributed by atoms with Crippen LogP contribution in [-0.4, -0.2) is 4.98 Å². The number of hydrogen-bond donors (Lipinski definition) is 1. The molecule has 4 heteroatoms. The molecule has 0 unspecified atom stereocenters. The topological polar surface area (TPSA) is 38.9 Å². The van der Waals surface area contributed by atoms with E-state index >= 15 is 0 Å². The summed E-state index contributed by atoms with van der Waals surface area (Å²) in [5.74, 6) is 0.501. The number of nitrogens with two attached hydrogens (primary N) is 1. The van der Waals surface area contributed by atoms with Crippen molar-refractivity contribution in [3.63, 3.8) is 0 Å². The van der Waals surface area contributed by atoms with Gasteiger partial charge in [0.15, 0.2) is 0 Å². The maximum absolute atomic E-state index is 5.84. The molecule has 2 nitrogen and oxygen atoms in total. The largest absolute Gasteiger partial charge is 0.383 e. The Balaban J connectivity index is 2.92. The Morgan fingerprint density at radius 3 is 2.85 bits per heavy atom. The summed E-state index contributed by atoms with van der Waals surface area (Å²) in [4.78, 5) is 4.02. The summed E-state index contributed by atoms with van der Waals surface area (Å²) >= 11 is 9.24. The number of pyridine rings is 1. The molecule has 0 aliphatic carbocycles. The molecule has 0 amide bonds. The Kier molecular flexibility index (Phi) is 2.14. The van der Waals surface area contributed by atoms with Gasteiger partial charge in [-0.1, -0.05) is 17.7 Å². The summed E-state index contributed by atoms with van der Waals surface area (Å²) in [5.41, 5.74) is 5.70. The number of nitrogens with zero attached hydrogens (tertiary/aromatic N) is 1. The zero-order chi connectivity index (χ0) is 9.42. The van der Waals surface area contributed by atoms with Gasteiger partial charge in [-0.15, -0.1) is 0 Å². The van der Waals surface area contributed by atoms with Crippen molar-refractivity contribution in [2.75, 3.05) is 5.73 Å². The fourth-order valence-electron chi connectivity index (χ4n) is 1.20. The van der Waals surface area contributed by atoms with Crippen LogP contribution in [0.4, 0.5) is 5.82 Å². The van der Waals surface area contributed by atoms with Gasteiger partial charge < -0.3 is 5.73 Å². The van der Waals surface area contributed by atoms with Crippen LogP contribution in [0, 0.1) is 0 Å². The van der Waals surface area contributed by atoms with E-state index in [9.17, 15) is 0 Å². The quantitative estimate of drug-likeness (QED) is 0.787. The summed E-state index contributed by atoms with van der Waals surface area (Å²) < 4.78 is 0.924. The molecule has 0 atom stereocenters. The second kappa shape index (κ2) is 3.16. The molecular weight excluding hydrogens is 251 g/mol. The predicted molar refractivity (Wildman–Crippen MR) is 58.9 cm³/mol. The standard InChI is InChI=1S/C9H6BrClN2/c10-8-4-13-9(12)7-3-5(11)1-2-6(7)8/h1-4H,(H2,12,13). The SMILES string of the molecule is Nc1ncc(Br)c2ccc(Cl)cc12. The van der Waals surface area contributed by atoms with Crippen LogP contribution in [0.2, 0.25) is 5.02 Å². The molecule has 13 heavy (non-hydrogen) atoms. The van der Waals surface area contributed by atoms with Gasteiger partial charge in [-0.3, -0.25) is 0 Å². The highest BCUT2D eigenvalue weighted by Gasteiger charge is 2.03. The lowest BCUT2D eigenvalue weighted by molar-refractivity contribution is 1.35. The van der Waals surface area contributed by atoms with E-state index in [1.165, 1.54) is 0 Å². The number of fused-ring (bicyclic) bond motifs is 1. The van der Waals surface area contributed by atoms with Gasteiger partial charge in [-0.2, -0.15) is 0 Å². The summed E-state index contributed by atoms with van der Waals surface area (Å²) in [6.45, 7) is 0. The van der Waals surface area contributed by atoms with Gasteiger partial charge in [0, 0.05) is 26.5 Å². The van der Waals surface area contributed by atoms with Gasteiger partial charge in [-0.25, -0.2) is 4.98 Å². The number of nitrogen functional groups attached to an aromatic ring is 1. The van der Waals surface area contributed by atoms with Crippen molar-refractivity contribution in [1.29, 1.82) is 0 Å². The Bertz CT molecular complexity index is 470. The molecule has 0 spiro atoms. The van der Waals surface area contributed by atoms with Crippen LogP contribution < -0.4 is 5.73 Å². The first-order chi connectivity index (χ1) is 6.18. The van der Waals surface area contributed by atoms with Crippen molar-refractivity contribution in [2.24, 2.45) is 0 Å². The maximum Gasteiger partial charge on any atom is 0.131 e. The number of rotatable bonds is 0. The van der Waals surface area contributed by atoms with E-state index in [0.717, 1.165) is 15.2 Å². The van der Waals surface area contributed by atoms with Crippen LogP contribution in [0.1, 0.15) is 0 Å².